The monoisotopic (exact) mass is 284 g/mol. The molecule has 0 aliphatic heterocycles. The van der Waals surface area contributed by atoms with Crippen molar-refractivity contribution in [2.45, 2.75) is 0 Å². The zero-order valence-corrected chi connectivity index (χ0v) is 11.9. The molecule has 1 aromatic heterocycles. The first kappa shape index (κ1) is 14.6. The van der Waals surface area contributed by atoms with Crippen LogP contribution in [0.3, 0.4) is 0 Å². The standard InChI is InChI=1S/C16H16N2O3/c1-18(2)16(20)12-5-7-13(8-6-12)17-15(19)10-9-14-4-3-11-21-14/h3-11H,1-2H3,(H,17,19). The highest BCUT2D eigenvalue weighted by Crippen LogP contribution is 2.11. The van der Waals surface area contributed by atoms with Gasteiger partial charge in [-0.25, -0.2) is 0 Å². The van der Waals surface area contributed by atoms with Crippen molar-refractivity contribution in [1.82, 2.24) is 4.90 Å². The Morgan fingerprint density at radius 1 is 1.14 bits per heavy atom. The second-order valence-electron chi connectivity index (χ2n) is 4.61. The van der Waals surface area contributed by atoms with Gasteiger partial charge >= 0.3 is 0 Å². The van der Waals surface area contributed by atoms with E-state index in [-0.39, 0.29) is 11.8 Å². The summed E-state index contributed by atoms with van der Waals surface area (Å²) < 4.78 is 5.09. The number of amides is 2. The molecule has 0 unspecified atom stereocenters. The molecule has 0 saturated carbocycles. The smallest absolute Gasteiger partial charge is 0.253 e. The van der Waals surface area contributed by atoms with Crippen LogP contribution in [0.25, 0.3) is 6.08 Å². The van der Waals surface area contributed by atoms with Crippen molar-refractivity contribution in [2.24, 2.45) is 0 Å². The van der Waals surface area contributed by atoms with Crippen LogP contribution in [0.15, 0.2) is 53.2 Å². The maximum atomic E-state index is 11.7. The van der Waals surface area contributed by atoms with Crippen molar-refractivity contribution in [2.75, 3.05) is 19.4 Å². The van der Waals surface area contributed by atoms with Crippen molar-refractivity contribution in [3.05, 3.63) is 60.1 Å². The van der Waals surface area contributed by atoms with E-state index in [0.717, 1.165) is 0 Å². The van der Waals surface area contributed by atoms with Crippen molar-refractivity contribution in [3.8, 4) is 0 Å². The molecule has 21 heavy (non-hydrogen) atoms. The fourth-order valence-electron chi connectivity index (χ4n) is 1.68. The Morgan fingerprint density at radius 3 is 2.43 bits per heavy atom. The van der Waals surface area contributed by atoms with Gasteiger partial charge in [0.1, 0.15) is 5.76 Å². The number of rotatable bonds is 4. The second-order valence-corrected chi connectivity index (χ2v) is 4.61. The van der Waals surface area contributed by atoms with E-state index >= 15 is 0 Å². The largest absolute Gasteiger partial charge is 0.465 e. The minimum Gasteiger partial charge on any atom is -0.465 e. The lowest BCUT2D eigenvalue weighted by molar-refractivity contribution is -0.111. The van der Waals surface area contributed by atoms with Gasteiger partial charge in [-0.1, -0.05) is 0 Å². The minimum absolute atomic E-state index is 0.0782. The molecule has 0 fully saturated rings. The lowest BCUT2D eigenvalue weighted by Crippen LogP contribution is -2.21. The zero-order chi connectivity index (χ0) is 15.2. The highest BCUT2D eigenvalue weighted by molar-refractivity contribution is 6.02. The average molecular weight is 284 g/mol. The summed E-state index contributed by atoms with van der Waals surface area (Å²) in [6.45, 7) is 0. The van der Waals surface area contributed by atoms with Crippen molar-refractivity contribution < 1.29 is 14.0 Å². The van der Waals surface area contributed by atoms with Gasteiger partial charge in [0, 0.05) is 31.4 Å². The SMILES string of the molecule is CN(C)C(=O)c1ccc(NC(=O)C=Cc2ccco2)cc1. The van der Waals surface area contributed by atoms with E-state index in [1.807, 2.05) is 0 Å². The predicted octanol–water partition coefficient (Wildman–Crippen LogP) is 2.63. The summed E-state index contributed by atoms with van der Waals surface area (Å²) in [5, 5.41) is 2.71. The van der Waals surface area contributed by atoms with E-state index in [0.29, 0.717) is 17.0 Å². The molecular weight excluding hydrogens is 268 g/mol. The lowest BCUT2D eigenvalue weighted by Gasteiger charge is -2.10. The molecule has 1 N–H and O–H groups in total. The first-order valence-electron chi connectivity index (χ1n) is 6.40. The summed E-state index contributed by atoms with van der Waals surface area (Å²) in [6, 6.07) is 10.2. The number of nitrogens with zero attached hydrogens (tertiary/aromatic N) is 1. The minimum atomic E-state index is -0.266. The van der Waals surface area contributed by atoms with Gasteiger partial charge in [-0.05, 0) is 42.5 Å². The molecule has 0 spiro atoms. The van der Waals surface area contributed by atoms with Gasteiger partial charge in [0.2, 0.25) is 5.91 Å². The molecule has 0 atom stereocenters. The molecule has 2 aromatic rings. The molecule has 1 heterocycles. The third kappa shape index (κ3) is 4.07. The van der Waals surface area contributed by atoms with Gasteiger partial charge in [-0.15, -0.1) is 0 Å². The van der Waals surface area contributed by atoms with Crippen LogP contribution in [0.1, 0.15) is 16.1 Å². The first-order chi connectivity index (χ1) is 10.1. The van der Waals surface area contributed by atoms with Crippen LogP contribution in [0, 0.1) is 0 Å². The van der Waals surface area contributed by atoms with Gasteiger partial charge in [-0.3, -0.25) is 9.59 Å². The lowest BCUT2D eigenvalue weighted by atomic mass is 10.2. The molecule has 0 aliphatic carbocycles. The van der Waals surface area contributed by atoms with Gasteiger partial charge in [0.25, 0.3) is 5.91 Å². The van der Waals surface area contributed by atoms with Crippen molar-refractivity contribution in [1.29, 1.82) is 0 Å². The molecule has 0 bridgehead atoms. The maximum Gasteiger partial charge on any atom is 0.253 e. The number of hydrogen-bond donors (Lipinski definition) is 1. The van der Waals surface area contributed by atoms with E-state index in [9.17, 15) is 9.59 Å². The van der Waals surface area contributed by atoms with Crippen LogP contribution in [0.5, 0.6) is 0 Å². The second kappa shape index (κ2) is 6.56. The Balaban J connectivity index is 1.97. The van der Waals surface area contributed by atoms with E-state index < -0.39 is 0 Å². The molecule has 0 radical (unpaired) electrons. The van der Waals surface area contributed by atoms with E-state index in [1.54, 1.807) is 56.6 Å². The Morgan fingerprint density at radius 2 is 1.86 bits per heavy atom. The van der Waals surface area contributed by atoms with Gasteiger partial charge < -0.3 is 14.6 Å². The zero-order valence-electron chi connectivity index (χ0n) is 11.9. The van der Waals surface area contributed by atoms with Crippen molar-refractivity contribution in [3.63, 3.8) is 0 Å². The fraction of sp³-hybridized carbons (Fsp3) is 0.125. The van der Waals surface area contributed by atoms with Crippen LogP contribution >= 0.6 is 0 Å². The number of anilines is 1. The van der Waals surface area contributed by atoms with Crippen LogP contribution in [-0.4, -0.2) is 30.8 Å². The fourth-order valence-corrected chi connectivity index (χ4v) is 1.68. The summed E-state index contributed by atoms with van der Waals surface area (Å²) in [5.74, 6) is 0.265. The number of hydrogen-bond acceptors (Lipinski definition) is 3. The third-order valence-electron chi connectivity index (χ3n) is 2.75. The highest BCUT2D eigenvalue weighted by atomic mass is 16.3. The van der Waals surface area contributed by atoms with Gasteiger partial charge in [0.05, 0.1) is 6.26 Å². The molecule has 5 nitrogen and oxygen atoms in total. The number of carbonyl (C=O) groups is 2. The third-order valence-corrected chi connectivity index (χ3v) is 2.75. The highest BCUT2D eigenvalue weighted by Gasteiger charge is 2.07. The number of nitrogens with one attached hydrogen (secondary N) is 1. The van der Waals surface area contributed by atoms with Crippen LogP contribution in [0.4, 0.5) is 5.69 Å². The molecule has 0 aliphatic rings. The Labute approximate surface area is 122 Å². The summed E-state index contributed by atoms with van der Waals surface area (Å²) in [4.78, 5) is 24.9. The maximum absolute atomic E-state index is 11.7. The molecular formula is C16H16N2O3. The number of furan rings is 1. The first-order valence-corrected chi connectivity index (χ1v) is 6.40. The quantitative estimate of drug-likeness (QED) is 0.878. The molecule has 108 valence electrons. The molecule has 2 rings (SSSR count). The van der Waals surface area contributed by atoms with E-state index in [2.05, 4.69) is 5.32 Å². The Hall–Kier alpha value is -2.82. The average Bonchev–Trinajstić information content (AvgIpc) is 2.98. The normalized spacial score (nSPS) is 10.6. The molecule has 0 saturated heterocycles. The van der Waals surface area contributed by atoms with Gasteiger partial charge in [0.15, 0.2) is 0 Å². The summed E-state index contributed by atoms with van der Waals surface area (Å²) in [7, 11) is 3.38. The van der Waals surface area contributed by atoms with Crippen LogP contribution in [0.2, 0.25) is 0 Å². The van der Waals surface area contributed by atoms with Crippen molar-refractivity contribution >= 4 is 23.6 Å². The Kier molecular flexibility index (Phi) is 4.56. The van der Waals surface area contributed by atoms with E-state index in [1.165, 1.54) is 17.2 Å². The number of benzene rings is 1. The summed E-state index contributed by atoms with van der Waals surface area (Å²) in [5.41, 5.74) is 1.20. The number of carbonyl (C=O) groups excluding carboxylic acids is 2. The topological polar surface area (TPSA) is 62.6 Å². The molecule has 5 heteroatoms. The van der Waals surface area contributed by atoms with Gasteiger partial charge in [-0.2, -0.15) is 0 Å². The predicted molar refractivity (Wildman–Crippen MR) is 80.8 cm³/mol. The van der Waals surface area contributed by atoms with Crippen LogP contribution < -0.4 is 5.32 Å². The van der Waals surface area contributed by atoms with Crippen LogP contribution in [-0.2, 0) is 4.79 Å². The molecule has 1 aromatic carbocycles. The van der Waals surface area contributed by atoms with E-state index in [4.69, 9.17) is 4.42 Å². The summed E-state index contributed by atoms with van der Waals surface area (Å²) in [6.07, 6.45) is 4.51. The Bertz CT molecular complexity index is 641. The molecule has 2 amide bonds. The summed E-state index contributed by atoms with van der Waals surface area (Å²) >= 11 is 0.